The number of aromatic nitrogens is 3. The summed E-state index contributed by atoms with van der Waals surface area (Å²) in [7, 11) is 4.71. The Bertz CT molecular complexity index is 1280. The Morgan fingerprint density at radius 2 is 1.76 bits per heavy atom. The molecule has 0 saturated carbocycles. The molecule has 0 amide bonds. The highest BCUT2D eigenvalue weighted by Gasteiger charge is 2.15. The zero-order valence-electron chi connectivity index (χ0n) is 16.7. The Morgan fingerprint density at radius 3 is 2.48 bits per heavy atom. The van der Waals surface area contributed by atoms with Crippen molar-refractivity contribution < 1.29 is 14.2 Å². The number of ether oxygens (including phenoxy) is 3. The number of pyridine rings is 1. The molecule has 7 nitrogen and oxygen atoms in total. The normalized spacial score (nSPS) is 11.0. The second kappa shape index (κ2) is 7.43. The number of methoxy groups -OCH3 is 3. The second-order valence-corrected chi connectivity index (χ2v) is 6.70. The van der Waals surface area contributed by atoms with Crippen molar-refractivity contribution in [2.75, 3.05) is 21.3 Å². The predicted molar refractivity (Wildman–Crippen MR) is 111 cm³/mol. The standard InChI is InChI=1S/C22H21N3O4/c1-12-6-5-7-14-20(12)23-11-13(21(14)29-4)8-19-24-16-10-18(28-3)17(27-2)9-15(16)22(26)25-19/h5-7,9-11H,8H2,1-4H3,(H,24,25,26). The summed E-state index contributed by atoms with van der Waals surface area (Å²) >= 11 is 0. The third kappa shape index (κ3) is 3.24. The van der Waals surface area contributed by atoms with Gasteiger partial charge in [-0.25, -0.2) is 4.98 Å². The van der Waals surface area contributed by atoms with Gasteiger partial charge in [0.2, 0.25) is 0 Å². The number of aromatic amines is 1. The molecule has 148 valence electrons. The summed E-state index contributed by atoms with van der Waals surface area (Å²) in [5.41, 5.74) is 3.10. The first-order valence-electron chi connectivity index (χ1n) is 9.11. The molecule has 0 aliphatic heterocycles. The number of hydrogen-bond donors (Lipinski definition) is 1. The average Bonchev–Trinajstić information content (AvgIpc) is 2.73. The molecular weight excluding hydrogens is 370 g/mol. The first kappa shape index (κ1) is 18.7. The van der Waals surface area contributed by atoms with E-state index in [1.165, 1.54) is 7.11 Å². The Kier molecular flexibility index (Phi) is 4.80. The quantitative estimate of drug-likeness (QED) is 0.561. The van der Waals surface area contributed by atoms with Crippen molar-refractivity contribution in [3.8, 4) is 17.2 Å². The van der Waals surface area contributed by atoms with Crippen LogP contribution >= 0.6 is 0 Å². The molecular formula is C22H21N3O4. The van der Waals surface area contributed by atoms with Crippen molar-refractivity contribution >= 4 is 21.8 Å². The van der Waals surface area contributed by atoms with Gasteiger partial charge >= 0.3 is 0 Å². The number of para-hydroxylation sites is 1. The van der Waals surface area contributed by atoms with Gasteiger partial charge in [0.15, 0.2) is 11.5 Å². The van der Waals surface area contributed by atoms with E-state index in [2.05, 4.69) is 15.0 Å². The Balaban J connectivity index is 1.83. The summed E-state index contributed by atoms with van der Waals surface area (Å²) in [5, 5.41) is 1.37. The van der Waals surface area contributed by atoms with Gasteiger partial charge in [-0.05, 0) is 24.6 Å². The Morgan fingerprint density at radius 1 is 1.00 bits per heavy atom. The molecule has 1 N–H and O–H groups in total. The van der Waals surface area contributed by atoms with Gasteiger partial charge in [-0.15, -0.1) is 0 Å². The highest BCUT2D eigenvalue weighted by atomic mass is 16.5. The van der Waals surface area contributed by atoms with E-state index in [0.29, 0.717) is 34.6 Å². The number of aryl methyl sites for hydroxylation is 1. The molecule has 4 rings (SSSR count). The van der Waals surface area contributed by atoms with E-state index >= 15 is 0 Å². The molecule has 0 radical (unpaired) electrons. The van der Waals surface area contributed by atoms with Crippen LogP contribution in [-0.4, -0.2) is 36.3 Å². The van der Waals surface area contributed by atoms with Crippen molar-refractivity contribution in [1.82, 2.24) is 15.0 Å². The summed E-state index contributed by atoms with van der Waals surface area (Å²) < 4.78 is 16.3. The van der Waals surface area contributed by atoms with Gasteiger partial charge in [0.25, 0.3) is 5.56 Å². The van der Waals surface area contributed by atoms with Gasteiger partial charge < -0.3 is 19.2 Å². The second-order valence-electron chi connectivity index (χ2n) is 6.70. The van der Waals surface area contributed by atoms with Crippen LogP contribution in [0.2, 0.25) is 0 Å². The van der Waals surface area contributed by atoms with Crippen LogP contribution in [0.4, 0.5) is 0 Å². The maximum absolute atomic E-state index is 12.6. The molecule has 2 heterocycles. The van der Waals surface area contributed by atoms with Crippen molar-refractivity contribution in [2.24, 2.45) is 0 Å². The number of hydrogen-bond acceptors (Lipinski definition) is 6. The molecule has 29 heavy (non-hydrogen) atoms. The highest BCUT2D eigenvalue weighted by molar-refractivity contribution is 5.88. The monoisotopic (exact) mass is 391 g/mol. The third-order valence-electron chi connectivity index (χ3n) is 4.95. The van der Waals surface area contributed by atoms with Crippen LogP contribution in [0, 0.1) is 6.92 Å². The average molecular weight is 391 g/mol. The molecule has 4 aromatic rings. The minimum atomic E-state index is -0.241. The summed E-state index contributed by atoms with van der Waals surface area (Å²) in [6.07, 6.45) is 2.15. The maximum Gasteiger partial charge on any atom is 0.258 e. The SMILES string of the molecule is COc1cc2nc(Cc3cnc4c(C)cccc4c3OC)[nH]c(=O)c2cc1OC. The Labute approximate surface area is 167 Å². The largest absolute Gasteiger partial charge is 0.496 e. The highest BCUT2D eigenvalue weighted by Crippen LogP contribution is 2.32. The number of benzene rings is 2. The molecule has 0 saturated heterocycles. The van der Waals surface area contributed by atoms with E-state index in [1.54, 1.807) is 32.5 Å². The minimum absolute atomic E-state index is 0.241. The number of fused-ring (bicyclic) bond motifs is 2. The van der Waals surface area contributed by atoms with Crippen LogP contribution in [0.3, 0.4) is 0 Å². The van der Waals surface area contributed by atoms with Crippen LogP contribution < -0.4 is 19.8 Å². The third-order valence-corrected chi connectivity index (χ3v) is 4.95. The molecule has 0 aliphatic carbocycles. The lowest BCUT2D eigenvalue weighted by Crippen LogP contribution is -2.13. The summed E-state index contributed by atoms with van der Waals surface area (Å²) in [6, 6.07) is 9.29. The van der Waals surface area contributed by atoms with Gasteiger partial charge in [0.05, 0.1) is 37.7 Å². The smallest absolute Gasteiger partial charge is 0.258 e. The number of H-pyrrole nitrogens is 1. The van der Waals surface area contributed by atoms with Gasteiger partial charge in [-0.3, -0.25) is 9.78 Å². The van der Waals surface area contributed by atoms with Gasteiger partial charge in [0.1, 0.15) is 11.6 Å². The zero-order chi connectivity index (χ0) is 20.5. The van der Waals surface area contributed by atoms with Crippen LogP contribution in [0.15, 0.2) is 41.3 Å². The van der Waals surface area contributed by atoms with Gasteiger partial charge in [0, 0.05) is 29.6 Å². The van der Waals surface area contributed by atoms with E-state index < -0.39 is 0 Å². The van der Waals surface area contributed by atoms with E-state index in [0.717, 1.165) is 27.8 Å². The predicted octanol–water partition coefficient (Wildman–Crippen LogP) is 3.40. The van der Waals surface area contributed by atoms with Crippen molar-refractivity contribution in [3.63, 3.8) is 0 Å². The lowest BCUT2D eigenvalue weighted by atomic mass is 10.1. The fourth-order valence-corrected chi connectivity index (χ4v) is 3.53. The van der Waals surface area contributed by atoms with Crippen LogP contribution in [0.25, 0.3) is 21.8 Å². The summed E-state index contributed by atoms with van der Waals surface area (Å²) in [5.74, 6) is 2.25. The molecule has 2 aromatic heterocycles. The fraction of sp³-hybridized carbons (Fsp3) is 0.227. The van der Waals surface area contributed by atoms with Crippen LogP contribution in [-0.2, 0) is 6.42 Å². The molecule has 0 fully saturated rings. The summed E-state index contributed by atoms with van der Waals surface area (Å²) in [6.45, 7) is 2.01. The maximum atomic E-state index is 12.6. The first-order valence-corrected chi connectivity index (χ1v) is 9.11. The van der Waals surface area contributed by atoms with E-state index in [9.17, 15) is 4.79 Å². The fourth-order valence-electron chi connectivity index (χ4n) is 3.53. The van der Waals surface area contributed by atoms with E-state index in [-0.39, 0.29) is 5.56 Å². The van der Waals surface area contributed by atoms with Crippen LogP contribution in [0.5, 0.6) is 17.2 Å². The number of nitrogens with zero attached hydrogens (tertiary/aromatic N) is 2. The molecule has 0 spiro atoms. The minimum Gasteiger partial charge on any atom is -0.496 e. The summed E-state index contributed by atoms with van der Waals surface area (Å²) in [4.78, 5) is 24.7. The van der Waals surface area contributed by atoms with Crippen molar-refractivity contribution in [3.05, 3.63) is 63.8 Å². The van der Waals surface area contributed by atoms with Gasteiger partial charge in [-0.1, -0.05) is 12.1 Å². The van der Waals surface area contributed by atoms with Crippen LogP contribution in [0.1, 0.15) is 17.0 Å². The molecule has 0 bridgehead atoms. The molecule has 0 unspecified atom stereocenters. The lowest BCUT2D eigenvalue weighted by Gasteiger charge is -2.13. The van der Waals surface area contributed by atoms with Crippen molar-refractivity contribution in [2.45, 2.75) is 13.3 Å². The van der Waals surface area contributed by atoms with E-state index in [1.807, 2.05) is 25.1 Å². The van der Waals surface area contributed by atoms with E-state index in [4.69, 9.17) is 14.2 Å². The Hall–Kier alpha value is -3.61. The molecule has 0 aliphatic rings. The first-order chi connectivity index (χ1) is 14.0. The van der Waals surface area contributed by atoms with Gasteiger partial charge in [-0.2, -0.15) is 0 Å². The number of nitrogens with one attached hydrogen (secondary N) is 1. The molecule has 7 heteroatoms. The molecule has 0 atom stereocenters. The lowest BCUT2D eigenvalue weighted by molar-refractivity contribution is 0.355. The van der Waals surface area contributed by atoms with Crippen molar-refractivity contribution in [1.29, 1.82) is 0 Å². The zero-order valence-corrected chi connectivity index (χ0v) is 16.7. The topological polar surface area (TPSA) is 86.3 Å². The number of rotatable bonds is 5. The molecule has 2 aromatic carbocycles.